The van der Waals surface area contributed by atoms with E-state index in [0.717, 1.165) is 24.2 Å². The minimum Gasteiger partial charge on any atom is -0.462 e. The molecule has 2 aromatic heterocycles. The molecule has 5 rings (SSSR count). The van der Waals surface area contributed by atoms with E-state index < -0.39 is 11.7 Å². The Morgan fingerprint density at radius 3 is 2.71 bits per heavy atom. The van der Waals surface area contributed by atoms with E-state index in [4.69, 9.17) is 4.74 Å². The third-order valence-electron chi connectivity index (χ3n) is 6.55. The minimum absolute atomic E-state index is 0.204. The first-order valence-electron chi connectivity index (χ1n) is 12.7. The van der Waals surface area contributed by atoms with Crippen LogP contribution in [0.5, 0.6) is 6.01 Å². The molecule has 3 heterocycles. The summed E-state index contributed by atoms with van der Waals surface area (Å²) >= 11 is 0. The number of likely N-dealkylation sites (N-methyl/N-ethyl adjacent to an activating group) is 1. The second-order valence-corrected chi connectivity index (χ2v) is 10.2. The molecule has 0 spiro atoms. The number of amides is 1. The van der Waals surface area contributed by atoms with Gasteiger partial charge >= 0.3 is 6.01 Å². The molecule has 1 fully saturated rings. The number of carbonyl (C=O) groups is 1. The Balaban J connectivity index is 1.52. The molecule has 4 aromatic rings. The first-order valence-corrected chi connectivity index (χ1v) is 12.7. The minimum atomic E-state index is -0.501. The number of halogens is 1. The number of aromatic nitrogens is 4. The molecule has 2 unspecified atom stereocenters. The number of carbonyl (C=O) groups excluding carboxylic acids is 1. The Kier molecular flexibility index (Phi) is 7.13. The molecule has 2 atom stereocenters. The van der Waals surface area contributed by atoms with Gasteiger partial charge in [-0.2, -0.15) is 10.1 Å². The molecular formula is C27H33FN8O2. The highest BCUT2D eigenvalue weighted by molar-refractivity contribution is 6.14. The number of anilines is 2. The van der Waals surface area contributed by atoms with E-state index in [1.807, 2.05) is 25.1 Å². The van der Waals surface area contributed by atoms with Gasteiger partial charge in [0.15, 0.2) is 5.82 Å². The molecule has 11 heteroatoms. The summed E-state index contributed by atoms with van der Waals surface area (Å²) in [5, 5.41) is 11.9. The van der Waals surface area contributed by atoms with Gasteiger partial charge in [-0.25, -0.2) is 9.37 Å². The zero-order valence-electron chi connectivity index (χ0n) is 22.3. The summed E-state index contributed by atoms with van der Waals surface area (Å²) in [4.78, 5) is 26.9. The summed E-state index contributed by atoms with van der Waals surface area (Å²) in [7, 11) is 5.64. The van der Waals surface area contributed by atoms with Crippen molar-refractivity contribution in [1.82, 2.24) is 30.0 Å². The molecule has 1 amide bonds. The molecule has 0 radical (unpaired) electrons. The summed E-state index contributed by atoms with van der Waals surface area (Å²) in [6, 6.07) is 7.50. The fourth-order valence-electron chi connectivity index (χ4n) is 4.94. The number of nitrogens with one attached hydrogen (secondary N) is 2. The molecular weight excluding hydrogens is 487 g/mol. The van der Waals surface area contributed by atoms with Crippen molar-refractivity contribution < 1.29 is 13.9 Å². The predicted octanol–water partition coefficient (Wildman–Crippen LogP) is 3.03. The van der Waals surface area contributed by atoms with E-state index in [2.05, 4.69) is 44.4 Å². The van der Waals surface area contributed by atoms with Crippen LogP contribution in [0.1, 0.15) is 24.2 Å². The van der Waals surface area contributed by atoms with Crippen molar-refractivity contribution in [3.05, 3.63) is 48.0 Å². The third-order valence-corrected chi connectivity index (χ3v) is 6.55. The normalized spacial score (nSPS) is 17.9. The molecule has 1 aliphatic rings. The monoisotopic (exact) mass is 520 g/mol. The maximum atomic E-state index is 14.6. The fraction of sp³-hybridized carbons (Fsp3) is 0.407. The Labute approximate surface area is 220 Å². The number of ether oxygens (including phenoxy) is 1. The van der Waals surface area contributed by atoms with E-state index in [9.17, 15) is 9.18 Å². The summed E-state index contributed by atoms with van der Waals surface area (Å²) in [6.07, 6.45) is 3.43. The molecule has 1 saturated heterocycles. The first-order chi connectivity index (χ1) is 18.2. The second-order valence-electron chi connectivity index (χ2n) is 10.2. The van der Waals surface area contributed by atoms with Crippen LogP contribution in [0, 0.1) is 5.82 Å². The number of rotatable bonds is 7. The number of aryl methyl sites for hydroxylation is 1. The van der Waals surface area contributed by atoms with Crippen LogP contribution >= 0.6 is 0 Å². The van der Waals surface area contributed by atoms with E-state index in [0.29, 0.717) is 47.4 Å². The average Bonchev–Trinajstić information content (AvgIpc) is 3.23. The van der Waals surface area contributed by atoms with E-state index in [-0.39, 0.29) is 11.5 Å². The van der Waals surface area contributed by atoms with Crippen LogP contribution in [0.3, 0.4) is 0 Å². The van der Waals surface area contributed by atoms with Gasteiger partial charge in [0.2, 0.25) is 0 Å². The molecule has 10 nitrogen and oxygen atoms in total. The highest BCUT2D eigenvalue weighted by Crippen LogP contribution is 2.31. The number of hydrogen-bond acceptors (Lipinski definition) is 8. The van der Waals surface area contributed by atoms with Gasteiger partial charge in [0, 0.05) is 73.3 Å². The van der Waals surface area contributed by atoms with Crippen LogP contribution in [0.4, 0.5) is 15.8 Å². The molecule has 0 aliphatic carbocycles. The molecule has 200 valence electrons. The zero-order chi connectivity index (χ0) is 27.0. The summed E-state index contributed by atoms with van der Waals surface area (Å²) in [6.45, 7) is 7.05. The van der Waals surface area contributed by atoms with Crippen LogP contribution in [0.25, 0.3) is 21.8 Å². The highest BCUT2D eigenvalue weighted by Gasteiger charge is 2.25. The van der Waals surface area contributed by atoms with Crippen molar-refractivity contribution in [2.24, 2.45) is 7.05 Å². The zero-order valence-corrected chi connectivity index (χ0v) is 22.3. The SMILES string of the molecule is CC1CN(c2ccc(C(=O)Nc3cc(F)c4nn(C)cc4c3)c3nc(OCCN(C)C)ncc23)CC(C)N1. The van der Waals surface area contributed by atoms with Gasteiger partial charge in [-0.15, -0.1) is 0 Å². The van der Waals surface area contributed by atoms with Crippen molar-refractivity contribution in [2.75, 3.05) is 50.6 Å². The number of hydrogen-bond donors (Lipinski definition) is 2. The molecule has 38 heavy (non-hydrogen) atoms. The van der Waals surface area contributed by atoms with Crippen LogP contribution in [0.15, 0.2) is 36.7 Å². The molecule has 2 aromatic carbocycles. The quantitative estimate of drug-likeness (QED) is 0.384. The molecule has 2 N–H and O–H groups in total. The maximum Gasteiger partial charge on any atom is 0.316 e. The topological polar surface area (TPSA) is 100 Å². The van der Waals surface area contributed by atoms with Crippen molar-refractivity contribution in [3.8, 4) is 6.01 Å². The van der Waals surface area contributed by atoms with Gasteiger partial charge in [-0.05, 0) is 52.2 Å². The smallest absolute Gasteiger partial charge is 0.316 e. The number of piperazine rings is 1. The van der Waals surface area contributed by atoms with Crippen molar-refractivity contribution in [3.63, 3.8) is 0 Å². The van der Waals surface area contributed by atoms with Gasteiger partial charge < -0.3 is 25.2 Å². The molecule has 0 bridgehead atoms. The Morgan fingerprint density at radius 2 is 1.97 bits per heavy atom. The lowest BCUT2D eigenvalue weighted by Crippen LogP contribution is -2.54. The van der Waals surface area contributed by atoms with Gasteiger partial charge in [-0.3, -0.25) is 9.48 Å². The van der Waals surface area contributed by atoms with Crippen LogP contribution in [0.2, 0.25) is 0 Å². The largest absolute Gasteiger partial charge is 0.462 e. The number of nitrogens with zero attached hydrogens (tertiary/aromatic N) is 6. The van der Waals surface area contributed by atoms with Gasteiger partial charge in [-0.1, -0.05) is 0 Å². The van der Waals surface area contributed by atoms with Gasteiger partial charge in [0.05, 0.1) is 11.1 Å². The van der Waals surface area contributed by atoms with Crippen LogP contribution in [-0.2, 0) is 7.05 Å². The Morgan fingerprint density at radius 1 is 1.21 bits per heavy atom. The van der Waals surface area contributed by atoms with Gasteiger partial charge in [0.25, 0.3) is 5.91 Å². The lowest BCUT2D eigenvalue weighted by atomic mass is 10.0. The molecule has 1 aliphatic heterocycles. The molecule has 0 saturated carbocycles. The number of fused-ring (bicyclic) bond motifs is 2. The fourth-order valence-corrected chi connectivity index (χ4v) is 4.94. The van der Waals surface area contributed by atoms with E-state index in [1.54, 1.807) is 31.6 Å². The summed E-state index contributed by atoms with van der Waals surface area (Å²) in [5.74, 6) is -0.899. The predicted molar refractivity (Wildman–Crippen MR) is 146 cm³/mol. The van der Waals surface area contributed by atoms with Crippen molar-refractivity contribution in [1.29, 1.82) is 0 Å². The maximum absolute atomic E-state index is 14.6. The summed E-state index contributed by atoms with van der Waals surface area (Å²) < 4.78 is 22.0. The van der Waals surface area contributed by atoms with Crippen LogP contribution in [-0.4, -0.2) is 83.0 Å². The third kappa shape index (κ3) is 5.39. The van der Waals surface area contributed by atoms with Crippen LogP contribution < -0.4 is 20.3 Å². The van der Waals surface area contributed by atoms with E-state index >= 15 is 0 Å². The Bertz CT molecular complexity index is 1480. The highest BCUT2D eigenvalue weighted by atomic mass is 19.1. The summed E-state index contributed by atoms with van der Waals surface area (Å²) in [5.41, 5.74) is 2.39. The first kappa shape index (κ1) is 25.8. The van der Waals surface area contributed by atoms with Gasteiger partial charge in [0.1, 0.15) is 12.1 Å². The number of benzene rings is 2. The standard InChI is InChI=1S/C27H33FN8O2/c1-16-13-36(14-17(2)30-16)23-7-6-20(25-21(23)12-29-27(32-25)38-9-8-34(3)4)26(37)31-19-10-18-15-35(5)33-24(18)22(28)11-19/h6-7,10-12,15-17,30H,8-9,13-14H2,1-5H3,(H,31,37). The lowest BCUT2D eigenvalue weighted by molar-refractivity contribution is 0.102. The van der Waals surface area contributed by atoms with Crippen molar-refractivity contribution >= 4 is 39.1 Å². The lowest BCUT2D eigenvalue weighted by Gasteiger charge is -2.38. The van der Waals surface area contributed by atoms with E-state index in [1.165, 1.54) is 10.7 Å². The van der Waals surface area contributed by atoms with Crippen molar-refractivity contribution in [2.45, 2.75) is 25.9 Å². The average molecular weight is 521 g/mol. The Hall–Kier alpha value is -3.83. The second kappa shape index (κ2) is 10.5.